The van der Waals surface area contributed by atoms with Gasteiger partial charge in [-0.2, -0.15) is 0 Å². The standard InChI is InChI=1S/C18H17ClFNO3/c1-23-16-8-11-5-6-21(10-13(11)9-17(16)24-2)18(22)12-3-4-15(20)14(19)7-12/h3-4,7-9H,5-6,10H2,1-2H3. The van der Waals surface area contributed by atoms with Crippen molar-refractivity contribution < 1.29 is 18.7 Å². The summed E-state index contributed by atoms with van der Waals surface area (Å²) in [6, 6.07) is 7.87. The molecule has 0 aromatic heterocycles. The predicted octanol–water partition coefficient (Wildman–Crippen LogP) is 3.69. The molecule has 1 heterocycles. The summed E-state index contributed by atoms with van der Waals surface area (Å²) in [7, 11) is 3.18. The van der Waals surface area contributed by atoms with Crippen LogP contribution in [0.4, 0.5) is 4.39 Å². The second kappa shape index (κ2) is 6.69. The fraction of sp³-hybridized carbons (Fsp3) is 0.278. The van der Waals surface area contributed by atoms with E-state index in [1.807, 2.05) is 12.1 Å². The number of nitrogens with zero attached hydrogens (tertiary/aromatic N) is 1. The van der Waals surface area contributed by atoms with Crippen LogP contribution in [0.3, 0.4) is 0 Å². The summed E-state index contributed by atoms with van der Waals surface area (Å²) in [5.74, 6) is 0.614. The monoisotopic (exact) mass is 349 g/mol. The Labute approximate surface area is 144 Å². The lowest BCUT2D eigenvalue weighted by Crippen LogP contribution is -2.36. The highest BCUT2D eigenvalue weighted by atomic mass is 35.5. The Bertz CT molecular complexity index is 794. The van der Waals surface area contributed by atoms with Gasteiger partial charge in [0.15, 0.2) is 11.5 Å². The van der Waals surface area contributed by atoms with Crippen LogP contribution in [0.5, 0.6) is 11.5 Å². The van der Waals surface area contributed by atoms with Gasteiger partial charge in [-0.15, -0.1) is 0 Å². The lowest BCUT2D eigenvalue weighted by Gasteiger charge is -2.29. The molecule has 1 aliphatic rings. The molecule has 0 saturated heterocycles. The average molecular weight is 350 g/mol. The van der Waals surface area contributed by atoms with Crippen molar-refractivity contribution in [3.05, 3.63) is 57.9 Å². The van der Waals surface area contributed by atoms with Crippen LogP contribution in [0, 0.1) is 5.82 Å². The zero-order valence-corrected chi connectivity index (χ0v) is 14.2. The molecule has 1 aliphatic heterocycles. The third-order valence-electron chi connectivity index (χ3n) is 4.17. The van der Waals surface area contributed by atoms with Gasteiger partial charge in [0, 0.05) is 18.7 Å². The largest absolute Gasteiger partial charge is 0.493 e. The molecule has 0 radical (unpaired) electrons. The normalized spacial score (nSPS) is 13.4. The van der Waals surface area contributed by atoms with Crippen molar-refractivity contribution >= 4 is 17.5 Å². The minimum atomic E-state index is -0.533. The third kappa shape index (κ3) is 3.04. The molecule has 3 rings (SSSR count). The molecule has 4 nitrogen and oxygen atoms in total. The van der Waals surface area contributed by atoms with Gasteiger partial charge >= 0.3 is 0 Å². The first-order valence-electron chi connectivity index (χ1n) is 7.51. The number of hydrogen-bond donors (Lipinski definition) is 0. The van der Waals surface area contributed by atoms with E-state index in [9.17, 15) is 9.18 Å². The van der Waals surface area contributed by atoms with Gasteiger partial charge in [0.05, 0.1) is 19.2 Å². The van der Waals surface area contributed by atoms with Crippen molar-refractivity contribution in [1.82, 2.24) is 4.90 Å². The van der Waals surface area contributed by atoms with Crippen LogP contribution in [0.2, 0.25) is 5.02 Å². The number of rotatable bonds is 3. The van der Waals surface area contributed by atoms with E-state index in [-0.39, 0.29) is 10.9 Å². The molecule has 0 fully saturated rings. The zero-order valence-electron chi connectivity index (χ0n) is 13.4. The van der Waals surface area contributed by atoms with E-state index >= 15 is 0 Å². The maximum atomic E-state index is 13.3. The van der Waals surface area contributed by atoms with Gasteiger partial charge in [0.1, 0.15) is 5.82 Å². The molecule has 2 aromatic rings. The zero-order chi connectivity index (χ0) is 17.3. The van der Waals surface area contributed by atoms with Gasteiger partial charge < -0.3 is 14.4 Å². The lowest BCUT2D eigenvalue weighted by atomic mass is 9.98. The number of benzene rings is 2. The molecule has 0 aliphatic carbocycles. The van der Waals surface area contributed by atoms with Gasteiger partial charge in [0.2, 0.25) is 0 Å². The van der Waals surface area contributed by atoms with E-state index in [2.05, 4.69) is 0 Å². The van der Waals surface area contributed by atoms with Crippen molar-refractivity contribution in [2.24, 2.45) is 0 Å². The molecule has 0 spiro atoms. The van der Waals surface area contributed by atoms with Crippen LogP contribution < -0.4 is 9.47 Å². The summed E-state index contributed by atoms with van der Waals surface area (Å²) < 4.78 is 23.9. The van der Waals surface area contributed by atoms with E-state index in [1.54, 1.807) is 19.1 Å². The summed E-state index contributed by atoms with van der Waals surface area (Å²) in [6.45, 7) is 1.04. The van der Waals surface area contributed by atoms with Crippen LogP contribution in [0.25, 0.3) is 0 Å². The summed E-state index contributed by atoms with van der Waals surface area (Å²) in [5.41, 5.74) is 2.53. The number of methoxy groups -OCH3 is 2. The van der Waals surface area contributed by atoms with E-state index in [0.29, 0.717) is 30.2 Å². The van der Waals surface area contributed by atoms with Crippen molar-refractivity contribution in [2.45, 2.75) is 13.0 Å². The molecule has 2 aromatic carbocycles. The summed E-state index contributed by atoms with van der Waals surface area (Å²) >= 11 is 5.77. The first kappa shape index (κ1) is 16.6. The Morgan fingerprint density at radius 2 is 1.79 bits per heavy atom. The SMILES string of the molecule is COc1cc2c(cc1OC)CN(C(=O)c1ccc(F)c(Cl)c1)CC2. The van der Waals surface area contributed by atoms with Crippen LogP contribution in [0.15, 0.2) is 30.3 Å². The van der Waals surface area contributed by atoms with E-state index < -0.39 is 5.82 Å². The maximum Gasteiger partial charge on any atom is 0.254 e. The second-order valence-electron chi connectivity index (χ2n) is 5.58. The molecule has 0 N–H and O–H groups in total. The third-order valence-corrected chi connectivity index (χ3v) is 4.46. The number of fused-ring (bicyclic) bond motifs is 1. The van der Waals surface area contributed by atoms with E-state index in [1.165, 1.54) is 18.2 Å². The van der Waals surface area contributed by atoms with Gasteiger partial charge in [-0.3, -0.25) is 4.79 Å². The second-order valence-corrected chi connectivity index (χ2v) is 5.99. The topological polar surface area (TPSA) is 38.8 Å². The number of halogens is 2. The van der Waals surface area contributed by atoms with Crippen LogP contribution in [-0.2, 0) is 13.0 Å². The Hall–Kier alpha value is -2.27. The molecule has 6 heteroatoms. The minimum absolute atomic E-state index is 0.0512. The van der Waals surface area contributed by atoms with Gasteiger partial charge in [-0.1, -0.05) is 11.6 Å². The molecule has 0 atom stereocenters. The molecule has 0 unspecified atom stereocenters. The highest BCUT2D eigenvalue weighted by Gasteiger charge is 2.24. The first-order chi connectivity index (χ1) is 11.5. The van der Waals surface area contributed by atoms with E-state index in [4.69, 9.17) is 21.1 Å². The van der Waals surface area contributed by atoms with Crippen molar-refractivity contribution in [1.29, 1.82) is 0 Å². The molecular weight excluding hydrogens is 333 g/mol. The molecule has 0 saturated carbocycles. The Morgan fingerprint density at radius 1 is 1.12 bits per heavy atom. The first-order valence-corrected chi connectivity index (χ1v) is 7.89. The number of carbonyl (C=O) groups excluding carboxylic acids is 1. The van der Waals surface area contributed by atoms with Crippen LogP contribution >= 0.6 is 11.6 Å². The van der Waals surface area contributed by atoms with Crippen molar-refractivity contribution in [3.8, 4) is 11.5 Å². The maximum absolute atomic E-state index is 13.3. The fourth-order valence-electron chi connectivity index (χ4n) is 2.87. The van der Waals surface area contributed by atoms with Crippen LogP contribution in [-0.4, -0.2) is 31.6 Å². The smallest absolute Gasteiger partial charge is 0.254 e. The highest BCUT2D eigenvalue weighted by Crippen LogP contribution is 2.33. The minimum Gasteiger partial charge on any atom is -0.493 e. The lowest BCUT2D eigenvalue weighted by molar-refractivity contribution is 0.0734. The highest BCUT2D eigenvalue weighted by molar-refractivity contribution is 6.31. The number of hydrogen-bond acceptors (Lipinski definition) is 3. The molecule has 126 valence electrons. The van der Waals surface area contributed by atoms with E-state index in [0.717, 1.165) is 17.5 Å². The Morgan fingerprint density at radius 3 is 2.42 bits per heavy atom. The molecular formula is C18H17ClFNO3. The fourth-order valence-corrected chi connectivity index (χ4v) is 3.05. The predicted molar refractivity (Wildman–Crippen MR) is 89.4 cm³/mol. The summed E-state index contributed by atoms with van der Waals surface area (Å²) in [6.07, 6.45) is 0.719. The van der Waals surface area contributed by atoms with Gasteiger partial charge in [-0.05, 0) is 47.9 Å². The summed E-state index contributed by atoms with van der Waals surface area (Å²) in [4.78, 5) is 14.4. The summed E-state index contributed by atoms with van der Waals surface area (Å²) in [5, 5.41) is -0.0512. The molecule has 0 bridgehead atoms. The number of amides is 1. The number of ether oxygens (including phenoxy) is 2. The molecule has 24 heavy (non-hydrogen) atoms. The van der Waals surface area contributed by atoms with Crippen molar-refractivity contribution in [2.75, 3.05) is 20.8 Å². The molecule has 1 amide bonds. The number of carbonyl (C=O) groups is 1. The average Bonchev–Trinajstić information content (AvgIpc) is 2.61. The Kier molecular flexibility index (Phi) is 4.62. The van der Waals surface area contributed by atoms with Crippen molar-refractivity contribution in [3.63, 3.8) is 0 Å². The quantitative estimate of drug-likeness (QED) is 0.848. The van der Waals surface area contributed by atoms with Gasteiger partial charge in [-0.25, -0.2) is 4.39 Å². The van der Waals surface area contributed by atoms with Crippen LogP contribution in [0.1, 0.15) is 21.5 Å². The van der Waals surface area contributed by atoms with Gasteiger partial charge in [0.25, 0.3) is 5.91 Å². The Balaban J connectivity index is 1.86.